The van der Waals surface area contributed by atoms with Gasteiger partial charge in [-0.1, -0.05) is 6.92 Å². The van der Waals surface area contributed by atoms with Crippen LogP contribution in [0.2, 0.25) is 0 Å². The van der Waals surface area contributed by atoms with Gasteiger partial charge in [0.25, 0.3) is 0 Å². The van der Waals surface area contributed by atoms with E-state index in [0.717, 1.165) is 25.9 Å². The molecule has 0 aromatic heterocycles. The molecule has 1 aliphatic carbocycles. The molecule has 2 saturated heterocycles. The molecule has 3 aliphatic rings. The zero-order chi connectivity index (χ0) is 14.1. The quantitative estimate of drug-likeness (QED) is 0.749. The fraction of sp³-hybridized carbons (Fsp3) is 0.867. The Morgan fingerprint density at radius 3 is 2.30 bits per heavy atom. The van der Waals surface area contributed by atoms with Crippen molar-refractivity contribution >= 4 is 11.8 Å². The summed E-state index contributed by atoms with van der Waals surface area (Å²) >= 11 is 0. The van der Waals surface area contributed by atoms with Crippen LogP contribution in [0.3, 0.4) is 0 Å². The van der Waals surface area contributed by atoms with Gasteiger partial charge in [0.2, 0.25) is 11.8 Å². The highest BCUT2D eigenvalue weighted by molar-refractivity contribution is 5.92. The predicted octanol–water partition coefficient (Wildman–Crippen LogP) is 0.740. The Bertz CT molecular complexity index is 393. The Labute approximate surface area is 120 Å². The number of amides is 2. The van der Waals surface area contributed by atoms with Crippen LogP contribution < -0.4 is 0 Å². The van der Waals surface area contributed by atoms with Crippen molar-refractivity contribution in [3.8, 4) is 0 Å². The Balaban J connectivity index is 1.52. The van der Waals surface area contributed by atoms with Gasteiger partial charge in [0, 0.05) is 26.2 Å². The third-order valence-electron chi connectivity index (χ3n) is 4.72. The highest BCUT2D eigenvalue weighted by Gasteiger charge is 2.51. The molecule has 0 radical (unpaired) electrons. The number of nitrogens with zero attached hydrogens (tertiary/aromatic N) is 2. The van der Waals surface area contributed by atoms with Crippen LogP contribution in [-0.4, -0.2) is 61.0 Å². The maximum atomic E-state index is 12.4. The second-order valence-corrected chi connectivity index (χ2v) is 6.42. The average Bonchev–Trinajstić information content (AvgIpc) is 3.27. The first kappa shape index (κ1) is 13.9. The molecule has 20 heavy (non-hydrogen) atoms. The largest absolute Gasteiger partial charge is 0.378 e. The van der Waals surface area contributed by atoms with Crippen LogP contribution in [0.1, 0.15) is 26.2 Å². The maximum Gasteiger partial charge on any atom is 0.226 e. The summed E-state index contributed by atoms with van der Waals surface area (Å²) in [5.41, 5.74) is 0. The topological polar surface area (TPSA) is 49.9 Å². The van der Waals surface area contributed by atoms with E-state index in [-0.39, 0.29) is 23.7 Å². The molecule has 112 valence electrons. The Morgan fingerprint density at radius 2 is 1.65 bits per heavy atom. The van der Waals surface area contributed by atoms with E-state index in [2.05, 4.69) is 6.92 Å². The van der Waals surface area contributed by atoms with Crippen LogP contribution in [0, 0.1) is 17.8 Å². The number of hydrogen-bond acceptors (Lipinski definition) is 3. The molecule has 0 N–H and O–H groups in total. The Morgan fingerprint density at radius 1 is 1.00 bits per heavy atom. The summed E-state index contributed by atoms with van der Waals surface area (Å²) in [7, 11) is 0. The van der Waals surface area contributed by atoms with Crippen molar-refractivity contribution in [1.29, 1.82) is 0 Å². The van der Waals surface area contributed by atoms with Crippen molar-refractivity contribution in [1.82, 2.24) is 9.80 Å². The first-order valence-corrected chi connectivity index (χ1v) is 7.82. The standard InChI is InChI=1S/C15H24N2O3/c1-11-3-2-4-17(10-11)15(19)13-9-12(13)14(18)16-5-7-20-8-6-16/h11-13H,2-10H2,1H3. The van der Waals surface area contributed by atoms with Crippen LogP contribution in [0.5, 0.6) is 0 Å². The lowest BCUT2D eigenvalue weighted by molar-refractivity contribution is -0.141. The molecule has 5 nitrogen and oxygen atoms in total. The van der Waals surface area contributed by atoms with Crippen LogP contribution in [-0.2, 0) is 14.3 Å². The van der Waals surface area contributed by atoms with Crippen molar-refractivity contribution < 1.29 is 14.3 Å². The maximum absolute atomic E-state index is 12.4. The molecule has 0 bridgehead atoms. The van der Waals surface area contributed by atoms with Crippen molar-refractivity contribution in [2.45, 2.75) is 26.2 Å². The number of ether oxygens (including phenoxy) is 1. The molecule has 3 rings (SSSR count). The minimum absolute atomic E-state index is 0.0457. The zero-order valence-corrected chi connectivity index (χ0v) is 12.2. The van der Waals surface area contributed by atoms with Gasteiger partial charge in [0.15, 0.2) is 0 Å². The predicted molar refractivity (Wildman–Crippen MR) is 74.0 cm³/mol. The highest BCUT2D eigenvalue weighted by Crippen LogP contribution is 2.42. The van der Waals surface area contributed by atoms with Gasteiger partial charge < -0.3 is 14.5 Å². The van der Waals surface area contributed by atoms with Crippen LogP contribution in [0.25, 0.3) is 0 Å². The van der Waals surface area contributed by atoms with Gasteiger partial charge in [0.05, 0.1) is 25.0 Å². The number of morpholine rings is 1. The monoisotopic (exact) mass is 280 g/mol. The van der Waals surface area contributed by atoms with Crippen LogP contribution in [0.4, 0.5) is 0 Å². The van der Waals surface area contributed by atoms with Crippen molar-refractivity contribution in [2.75, 3.05) is 39.4 Å². The molecule has 2 amide bonds. The number of carbonyl (C=O) groups is 2. The van der Waals surface area contributed by atoms with Gasteiger partial charge in [0.1, 0.15) is 0 Å². The number of likely N-dealkylation sites (tertiary alicyclic amines) is 1. The van der Waals surface area contributed by atoms with E-state index in [1.807, 2.05) is 9.80 Å². The van der Waals surface area contributed by atoms with Crippen molar-refractivity contribution in [3.63, 3.8) is 0 Å². The van der Waals surface area contributed by atoms with E-state index >= 15 is 0 Å². The third kappa shape index (κ3) is 2.82. The lowest BCUT2D eigenvalue weighted by Crippen LogP contribution is -2.43. The Kier molecular flexibility index (Phi) is 3.96. The normalized spacial score (nSPS) is 34.0. The van der Waals surface area contributed by atoms with E-state index in [1.165, 1.54) is 6.42 Å². The molecule has 3 fully saturated rings. The molecule has 2 aliphatic heterocycles. The van der Waals surface area contributed by atoms with Gasteiger partial charge in [-0.05, 0) is 25.2 Å². The van der Waals surface area contributed by atoms with Gasteiger partial charge in [-0.3, -0.25) is 9.59 Å². The summed E-state index contributed by atoms with van der Waals surface area (Å²) in [6.45, 7) is 6.55. The SMILES string of the molecule is CC1CCCN(C(=O)C2CC2C(=O)N2CCOCC2)C1. The molecule has 1 saturated carbocycles. The van der Waals surface area contributed by atoms with E-state index in [1.54, 1.807) is 0 Å². The summed E-state index contributed by atoms with van der Waals surface area (Å²) in [6, 6.07) is 0. The van der Waals surface area contributed by atoms with Crippen molar-refractivity contribution in [2.24, 2.45) is 17.8 Å². The second-order valence-electron chi connectivity index (χ2n) is 6.42. The zero-order valence-electron chi connectivity index (χ0n) is 12.2. The summed E-state index contributed by atoms with van der Waals surface area (Å²) < 4.78 is 5.26. The summed E-state index contributed by atoms with van der Waals surface area (Å²) in [6.07, 6.45) is 3.06. The van der Waals surface area contributed by atoms with Crippen LogP contribution in [0.15, 0.2) is 0 Å². The first-order valence-electron chi connectivity index (χ1n) is 7.82. The number of hydrogen-bond donors (Lipinski definition) is 0. The first-order chi connectivity index (χ1) is 9.66. The van der Waals surface area contributed by atoms with Gasteiger partial charge in [-0.2, -0.15) is 0 Å². The van der Waals surface area contributed by atoms with Crippen molar-refractivity contribution in [3.05, 3.63) is 0 Å². The smallest absolute Gasteiger partial charge is 0.226 e. The lowest BCUT2D eigenvalue weighted by atomic mass is 10.00. The molecule has 2 heterocycles. The van der Waals surface area contributed by atoms with Gasteiger partial charge in [-0.25, -0.2) is 0 Å². The minimum Gasteiger partial charge on any atom is -0.378 e. The Hall–Kier alpha value is -1.10. The molecule has 0 aromatic rings. The van der Waals surface area contributed by atoms with Gasteiger partial charge >= 0.3 is 0 Å². The van der Waals surface area contributed by atoms with E-state index < -0.39 is 0 Å². The second kappa shape index (κ2) is 5.72. The summed E-state index contributed by atoms with van der Waals surface area (Å²) in [4.78, 5) is 28.6. The number of rotatable bonds is 2. The molecular formula is C15H24N2O3. The third-order valence-corrected chi connectivity index (χ3v) is 4.72. The average molecular weight is 280 g/mol. The van der Waals surface area contributed by atoms with Gasteiger partial charge in [-0.15, -0.1) is 0 Å². The molecule has 5 heteroatoms. The molecule has 0 spiro atoms. The molecular weight excluding hydrogens is 256 g/mol. The van der Waals surface area contributed by atoms with Crippen LogP contribution >= 0.6 is 0 Å². The molecule has 3 atom stereocenters. The highest BCUT2D eigenvalue weighted by atomic mass is 16.5. The number of piperidine rings is 1. The fourth-order valence-corrected chi connectivity index (χ4v) is 3.38. The van der Waals surface area contributed by atoms with E-state index in [0.29, 0.717) is 32.2 Å². The number of carbonyl (C=O) groups excluding carboxylic acids is 2. The lowest BCUT2D eigenvalue weighted by Gasteiger charge is -2.31. The van der Waals surface area contributed by atoms with E-state index in [4.69, 9.17) is 4.74 Å². The van der Waals surface area contributed by atoms with E-state index in [9.17, 15) is 9.59 Å². The molecule has 3 unspecified atom stereocenters. The summed E-state index contributed by atoms with van der Waals surface area (Å²) in [5.74, 6) is 0.869. The summed E-state index contributed by atoms with van der Waals surface area (Å²) in [5, 5.41) is 0. The minimum atomic E-state index is -0.0576. The fourth-order valence-electron chi connectivity index (χ4n) is 3.38. The molecule has 0 aromatic carbocycles.